The lowest BCUT2D eigenvalue weighted by molar-refractivity contribution is -0.302. The summed E-state index contributed by atoms with van der Waals surface area (Å²) in [4.78, 5) is 12.8. The van der Waals surface area contributed by atoms with Crippen molar-refractivity contribution in [1.29, 1.82) is 0 Å². The Balaban J connectivity index is 1.92. The van der Waals surface area contributed by atoms with E-state index in [1.165, 1.54) is 167 Å². The molecule has 0 aromatic rings. The van der Waals surface area contributed by atoms with Crippen molar-refractivity contribution in [3.8, 4) is 0 Å². The maximum absolute atomic E-state index is 12.8. The van der Waals surface area contributed by atoms with Crippen molar-refractivity contribution in [2.45, 2.75) is 275 Å². The van der Waals surface area contributed by atoms with Gasteiger partial charge in [-0.05, 0) is 51.4 Å². The average Bonchev–Trinajstić information content (AvgIpc) is 3.28. The van der Waals surface area contributed by atoms with E-state index in [0.29, 0.717) is 6.42 Å². The summed E-state index contributed by atoms with van der Waals surface area (Å²) in [7, 11) is 0. The summed E-state index contributed by atoms with van der Waals surface area (Å²) in [5.74, 6) is -0.187. The van der Waals surface area contributed by atoms with E-state index in [0.717, 1.165) is 44.9 Å². The molecule has 9 heteroatoms. The minimum absolute atomic E-state index is 0.187. The molecule has 0 aromatic carbocycles. The molecule has 1 saturated heterocycles. The number of ether oxygens (including phenoxy) is 2. The lowest BCUT2D eigenvalue weighted by Crippen LogP contribution is -2.60. The summed E-state index contributed by atoms with van der Waals surface area (Å²) < 4.78 is 11.1. The highest BCUT2D eigenvalue weighted by Gasteiger charge is 2.44. The molecule has 0 bridgehead atoms. The van der Waals surface area contributed by atoms with Gasteiger partial charge in [0.2, 0.25) is 5.91 Å². The fourth-order valence-corrected chi connectivity index (χ4v) is 8.17. The molecule has 1 aliphatic heterocycles. The van der Waals surface area contributed by atoms with E-state index in [1.54, 1.807) is 6.08 Å². The van der Waals surface area contributed by atoms with E-state index in [9.17, 15) is 30.3 Å². The molecule has 1 amide bonds. The van der Waals surface area contributed by atoms with Gasteiger partial charge in [-0.25, -0.2) is 0 Å². The van der Waals surface area contributed by atoms with Gasteiger partial charge >= 0.3 is 0 Å². The molecule has 6 N–H and O–H groups in total. The molecule has 1 rings (SSSR count). The van der Waals surface area contributed by atoms with Crippen molar-refractivity contribution in [3.63, 3.8) is 0 Å². The maximum Gasteiger partial charge on any atom is 0.220 e. The van der Waals surface area contributed by atoms with Gasteiger partial charge in [0.25, 0.3) is 0 Å². The number of carbonyl (C=O) groups excluding carboxylic acids is 1. The van der Waals surface area contributed by atoms with Crippen LogP contribution in [0, 0.1) is 0 Å². The third-order valence-corrected chi connectivity index (χ3v) is 12.4. The van der Waals surface area contributed by atoms with E-state index in [4.69, 9.17) is 9.47 Å². The number of nitrogens with one attached hydrogen (secondary N) is 1. The van der Waals surface area contributed by atoms with Crippen molar-refractivity contribution < 1.29 is 39.8 Å². The highest BCUT2D eigenvalue weighted by Crippen LogP contribution is 2.23. The Hall–Kier alpha value is -1.85. The molecule has 9 nitrogen and oxygen atoms in total. The Bertz CT molecular complexity index is 1130. The monoisotopic (exact) mass is 890 g/mol. The van der Waals surface area contributed by atoms with Crippen LogP contribution < -0.4 is 5.32 Å². The summed E-state index contributed by atoms with van der Waals surface area (Å²) in [5, 5.41) is 53.5. The summed E-state index contributed by atoms with van der Waals surface area (Å²) >= 11 is 0. The van der Waals surface area contributed by atoms with Crippen LogP contribution in [0.15, 0.2) is 48.6 Å². The second-order valence-electron chi connectivity index (χ2n) is 18.3. The van der Waals surface area contributed by atoms with Crippen molar-refractivity contribution in [2.75, 3.05) is 13.2 Å². The highest BCUT2D eigenvalue weighted by molar-refractivity contribution is 5.76. The summed E-state index contributed by atoms with van der Waals surface area (Å²) in [6.45, 7) is 3.55. The standard InChI is InChI=1S/C54H99NO8/c1-3-5-7-8-9-10-11-12-13-14-15-16-17-18-19-20-21-22-23-24-25-26-27-28-29-30-31-32-33-34-35-36-37-38-39-40-42-44-50(58)55-47(48(57)43-41-6-4-2)46-62-54-53(61)52(60)51(59)49(45-56)63-54/h11-12,14-15,17-18,41,43,47-49,51-54,56-57,59-61H,3-10,13,16,19-40,42,44-46H2,1-2H3,(H,55,58)/b12-11-,15-14-,18-17-,43-41+. The van der Waals surface area contributed by atoms with Crippen LogP contribution in [0.3, 0.4) is 0 Å². The molecule has 0 spiro atoms. The van der Waals surface area contributed by atoms with Crippen LogP contribution in [0.5, 0.6) is 0 Å². The molecule has 7 unspecified atom stereocenters. The first kappa shape index (κ1) is 59.2. The van der Waals surface area contributed by atoms with E-state index in [2.05, 4.69) is 48.7 Å². The summed E-state index contributed by atoms with van der Waals surface area (Å²) in [6.07, 6.45) is 51.6. The van der Waals surface area contributed by atoms with Crippen LogP contribution in [0.4, 0.5) is 0 Å². The lowest BCUT2D eigenvalue weighted by Gasteiger charge is -2.40. The first-order chi connectivity index (χ1) is 30.8. The van der Waals surface area contributed by atoms with Crippen LogP contribution in [0.25, 0.3) is 0 Å². The third kappa shape index (κ3) is 34.2. The SMILES string of the molecule is CCC/C=C/C(O)C(COC1OC(CO)C(O)C(O)C1O)NC(=O)CCCCCCCCCCCCCCCCCCCCCCCC/C=C\C/C=C\C/C=C\CCCCCCC. The Morgan fingerprint density at radius 2 is 0.968 bits per heavy atom. The van der Waals surface area contributed by atoms with Crippen molar-refractivity contribution in [1.82, 2.24) is 5.32 Å². The van der Waals surface area contributed by atoms with Crippen molar-refractivity contribution in [3.05, 3.63) is 48.6 Å². The number of amides is 1. The van der Waals surface area contributed by atoms with Gasteiger partial charge < -0.3 is 40.3 Å². The second-order valence-corrected chi connectivity index (χ2v) is 18.3. The largest absolute Gasteiger partial charge is 0.394 e. The average molecular weight is 890 g/mol. The molecule has 1 fully saturated rings. The predicted octanol–water partition coefficient (Wildman–Crippen LogP) is 12.2. The van der Waals surface area contributed by atoms with Gasteiger partial charge in [0.15, 0.2) is 6.29 Å². The fraction of sp³-hybridized carbons (Fsp3) is 0.833. The number of allylic oxidation sites excluding steroid dienone is 7. The summed E-state index contributed by atoms with van der Waals surface area (Å²) in [6, 6.07) is -0.799. The number of hydrogen-bond donors (Lipinski definition) is 6. The molecule has 1 aliphatic rings. The van der Waals surface area contributed by atoms with E-state index >= 15 is 0 Å². The normalized spacial score (nSPS) is 20.5. The summed E-state index contributed by atoms with van der Waals surface area (Å²) in [5.41, 5.74) is 0. The number of hydrogen-bond acceptors (Lipinski definition) is 8. The Morgan fingerprint density at radius 1 is 0.540 bits per heavy atom. The van der Waals surface area contributed by atoms with Gasteiger partial charge in [-0.2, -0.15) is 0 Å². The van der Waals surface area contributed by atoms with Gasteiger partial charge in [-0.15, -0.1) is 0 Å². The Morgan fingerprint density at radius 3 is 1.41 bits per heavy atom. The van der Waals surface area contributed by atoms with Crippen LogP contribution >= 0.6 is 0 Å². The highest BCUT2D eigenvalue weighted by atomic mass is 16.7. The first-order valence-electron chi connectivity index (χ1n) is 26.4. The van der Waals surface area contributed by atoms with Crippen LogP contribution in [0.2, 0.25) is 0 Å². The number of aliphatic hydroxyl groups excluding tert-OH is 5. The van der Waals surface area contributed by atoms with Crippen LogP contribution in [-0.2, 0) is 14.3 Å². The van der Waals surface area contributed by atoms with Crippen molar-refractivity contribution in [2.24, 2.45) is 0 Å². The molecule has 63 heavy (non-hydrogen) atoms. The molecular weight excluding hydrogens is 791 g/mol. The predicted molar refractivity (Wildman–Crippen MR) is 263 cm³/mol. The van der Waals surface area contributed by atoms with Gasteiger partial charge in [-0.1, -0.05) is 223 Å². The molecule has 368 valence electrons. The van der Waals surface area contributed by atoms with E-state index < -0.39 is 49.5 Å². The molecule has 0 saturated carbocycles. The maximum atomic E-state index is 12.8. The first-order valence-corrected chi connectivity index (χ1v) is 26.4. The molecule has 0 aromatic heterocycles. The van der Waals surface area contributed by atoms with Gasteiger partial charge in [0.1, 0.15) is 24.4 Å². The minimum atomic E-state index is -1.56. The molecule has 7 atom stereocenters. The smallest absolute Gasteiger partial charge is 0.220 e. The Labute approximate surface area is 386 Å². The zero-order valence-electron chi connectivity index (χ0n) is 40.6. The van der Waals surface area contributed by atoms with E-state index in [-0.39, 0.29) is 12.5 Å². The number of carbonyl (C=O) groups is 1. The molecule has 0 radical (unpaired) electrons. The number of aliphatic hydroxyl groups is 5. The van der Waals surface area contributed by atoms with Gasteiger partial charge in [-0.3, -0.25) is 4.79 Å². The van der Waals surface area contributed by atoms with Crippen LogP contribution in [-0.4, -0.2) is 87.5 Å². The number of unbranched alkanes of at least 4 members (excludes halogenated alkanes) is 28. The Kier molecular flexibility index (Phi) is 41.3. The zero-order valence-corrected chi connectivity index (χ0v) is 40.6. The molecular formula is C54H99NO8. The van der Waals surface area contributed by atoms with Gasteiger partial charge in [0, 0.05) is 6.42 Å². The zero-order chi connectivity index (χ0) is 45.9. The minimum Gasteiger partial charge on any atom is -0.394 e. The fourth-order valence-electron chi connectivity index (χ4n) is 8.17. The number of rotatable bonds is 44. The molecule has 0 aliphatic carbocycles. The van der Waals surface area contributed by atoms with Crippen molar-refractivity contribution >= 4 is 5.91 Å². The quantitative estimate of drug-likeness (QED) is 0.0262. The van der Waals surface area contributed by atoms with E-state index in [1.807, 2.05) is 13.0 Å². The second kappa shape index (κ2) is 44.0. The lowest BCUT2D eigenvalue weighted by atomic mass is 9.99. The van der Waals surface area contributed by atoms with Gasteiger partial charge in [0.05, 0.1) is 25.4 Å². The third-order valence-electron chi connectivity index (χ3n) is 12.4. The topological polar surface area (TPSA) is 149 Å². The molecule has 1 heterocycles. The van der Waals surface area contributed by atoms with Crippen LogP contribution in [0.1, 0.15) is 232 Å².